The summed E-state index contributed by atoms with van der Waals surface area (Å²) in [4.78, 5) is 21.1. The minimum atomic E-state index is -0.552. The van der Waals surface area contributed by atoms with Gasteiger partial charge < -0.3 is 10.2 Å². The van der Waals surface area contributed by atoms with Crippen molar-refractivity contribution in [3.05, 3.63) is 59.7 Å². The summed E-state index contributed by atoms with van der Waals surface area (Å²) in [5.41, 5.74) is 0.691. The van der Waals surface area contributed by atoms with Gasteiger partial charge in [-0.05, 0) is 71.7 Å². The van der Waals surface area contributed by atoms with Crippen LogP contribution in [0.5, 0.6) is 11.5 Å². The molecule has 0 atom stereocenters. The van der Waals surface area contributed by atoms with Crippen molar-refractivity contribution in [2.45, 2.75) is 0 Å². The predicted octanol–water partition coefficient (Wildman–Crippen LogP) is 3.54. The van der Waals surface area contributed by atoms with Gasteiger partial charge in [0.1, 0.15) is 11.5 Å². The molecule has 0 aliphatic carbocycles. The first-order valence-corrected chi connectivity index (χ1v) is 6.13. The molecule has 0 heterocycles. The van der Waals surface area contributed by atoms with Gasteiger partial charge in [0.25, 0.3) is 10.5 Å². The summed E-state index contributed by atoms with van der Waals surface area (Å²) < 4.78 is 0. The van der Waals surface area contributed by atoms with Gasteiger partial charge in [0.05, 0.1) is 0 Å². The minimum absolute atomic E-state index is 0.169. The van der Waals surface area contributed by atoms with Gasteiger partial charge >= 0.3 is 0 Å². The predicted molar refractivity (Wildman–Crippen MR) is 76.6 cm³/mol. The average molecular weight is 313 g/mol. The second-order valence-electron chi connectivity index (χ2n) is 3.64. The molecule has 0 fully saturated rings. The molecule has 0 spiro atoms. The van der Waals surface area contributed by atoms with Gasteiger partial charge in [-0.3, -0.25) is 9.59 Å². The number of benzene rings is 2. The van der Waals surface area contributed by atoms with Gasteiger partial charge in [-0.15, -0.1) is 0 Å². The molecular formula is C14H10Cl2O4. The molecule has 2 rings (SSSR count). The normalized spacial score (nSPS) is 9.30. The molecule has 2 N–H and O–H groups in total. The Morgan fingerprint density at radius 1 is 0.650 bits per heavy atom. The number of hydrogen-bond donors (Lipinski definition) is 2. The summed E-state index contributed by atoms with van der Waals surface area (Å²) in [6, 6.07) is 11.5. The van der Waals surface area contributed by atoms with E-state index in [0.717, 1.165) is 0 Å². The molecule has 20 heavy (non-hydrogen) atoms. The number of phenols is 2. The van der Waals surface area contributed by atoms with E-state index < -0.39 is 10.5 Å². The molecule has 2 aromatic carbocycles. The summed E-state index contributed by atoms with van der Waals surface area (Å²) in [6.07, 6.45) is 0. The van der Waals surface area contributed by atoms with E-state index in [9.17, 15) is 9.59 Å². The Bertz CT molecular complexity index is 538. The van der Waals surface area contributed by atoms with Gasteiger partial charge in [-0.25, -0.2) is 0 Å². The Labute approximate surface area is 125 Å². The van der Waals surface area contributed by atoms with Crippen molar-refractivity contribution in [1.29, 1.82) is 0 Å². The van der Waals surface area contributed by atoms with E-state index in [0.29, 0.717) is 11.1 Å². The standard InChI is InChI=1S/C8H4Cl2O2.C6H6O2/c9-7(11)5-1-2-6(4-3-5)8(10)12;7-5-1-2-6(8)4-3-5/h1-4H;1-4,7-8H. The molecule has 0 aliphatic heterocycles. The SMILES string of the molecule is O=C(Cl)c1ccc(C(=O)Cl)cc1.Oc1ccc(O)cc1. The molecule has 0 radical (unpaired) electrons. The highest BCUT2D eigenvalue weighted by atomic mass is 35.5. The van der Waals surface area contributed by atoms with Crippen molar-refractivity contribution in [2.24, 2.45) is 0 Å². The van der Waals surface area contributed by atoms with E-state index in [-0.39, 0.29) is 11.5 Å². The van der Waals surface area contributed by atoms with E-state index in [4.69, 9.17) is 33.4 Å². The Morgan fingerprint density at radius 2 is 0.900 bits per heavy atom. The van der Waals surface area contributed by atoms with Crippen molar-refractivity contribution in [3.63, 3.8) is 0 Å². The monoisotopic (exact) mass is 312 g/mol. The van der Waals surface area contributed by atoms with Crippen molar-refractivity contribution >= 4 is 33.7 Å². The summed E-state index contributed by atoms with van der Waals surface area (Å²) in [5, 5.41) is 16.2. The fourth-order valence-electron chi connectivity index (χ4n) is 1.18. The first-order valence-electron chi connectivity index (χ1n) is 5.38. The van der Waals surface area contributed by atoms with E-state index in [1.54, 1.807) is 0 Å². The van der Waals surface area contributed by atoms with Gasteiger partial charge in [0, 0.05) is 11.1 Å². The van der Waals surface area contributed by atoms with Crippen LogP contribution in [0.4, 0.5) is 0 Å². The Kier molecular flexibility index (Phi) is 6.03. The molecule has 0 amide bonds. The largest absolute Gasteiger partial charge is 0.508 e. The molecule has 0 unspecified atom stereocenters. The highest BCUT2D eigenvalue weighted by Crippen LogP contribution is 2.13. The average Bonchev–Trinajstić information content (AvgIpc) is 2.43. The third-order valence-corrected chi connectivity index (χ3v) is 2.62. The van der Waals surface area contributed by atoms with Gasteiger partial charge in [0.2, 0.25) is 0 Å². The van der Waals surface area contributed by atoms with Crippen LogP contribution in [0.1, 0.15) is 20.7 Å². The van der Waals surface area contributed by atoms with E-state index >= 15 is 0 Å². The van der Waals surface area contributed by atoms with Crippen LogP contribution >= 0.6 is 23.2 Å². The van der Waals surface area contributed by atoms with E-state index in [2.05, 4.69) is 0 Å². The first-order chi connectivity index (χ1) is 9.40. The maximum atomic E-state index is 10.6. The Morgan fingerprint density at radius 3 is 1.10 bits per heavy atom. The third-order valence-electron chi connectivity index (χ3n) is 2.19. The Balaban J connectivity index is 0.000000217. The first kappa shape index (κ1) is 16.0. The molecular weight excluding hydrogens is 303 g/mol. The second kappa shape index (κ2) is 7.53. The van der Waals surface area contributed by atoms with Crippen LogP contribution in [0, 0.1) is 0 Å². The third kappa shape index (κ3) is 5.30. The quantitative estimate of drug-likeness (QED) is 0.657. The molecule has 0 aromatic heterocycles. The molecule has 0 saturated heterocycles. The maximum Gasteiger partial charge on any atom is 0.252 e. The highest BCUT2D eigenvalue weighted by Gasteiger charge is 2.03. The lowest BCUT2D eigenvalue weighted by atomic mass is 10.2. The van der Waals surface area contributed by atoms with E-state index in [1.165, 1.54) is 48.5 Å². The van der Waals surface area contributed by atoms with Crippen molar-refractivity contribution in [2.75, 3.05) is 0 Å². The van der Waals surface area contributed by atoms with Crippen molar-refractivity contribution < 1.29 is 19.8 Å². The van der Waals surface area contributed by atoms with Crippen LogP contribution in [0.25, 0.3) is 0 Å². The van der Waals surface area contributed by atoms with Crippen LogP contribution in [0.15, 0.2) is 48.5 Å². The lowest BCUT2D eigenvalue weighted by Gasteiger charge is -1.94. The molecule has 4 nitrogen and oxygen atoms in total. The summed E-state index contributed by atoms with van der Waals surface area (Å²) in [7, 11) is 0. The molecule has 0 saturated carbocycles. The van der Waals surface area contributed by atoms with Gasteiger partial charge in [0.15, 0.2) is 0 Å². The fourth-order valence-corrected chi connectivity index (χ4v) is 1.44. The molecule has 6 heteroatoms. The Hall–Kier alpha value is -2.04. The minimum Gasteiger partial charge on any atom is -0.508 e. The number of rotatable bonds is 2. The zero-order valence-electron chi connectivity index (χ0n) is 10.1. The number of halogens is 2. The zero-order chi connectivity index (χ0) is 15.1. The highest BCUT2D eigenvalue weighted by molar-refractivity contribution is 6.68. The van der Waals surface area contributed by atoms with Gasteiger partial charge in [-0.1, -0.05) is 0 Å². The maximum absolute atomic E-state index is 10.6. The van der Waals surface area contributed by atoms with Crippen LogP contribution in [-0.2, 0) is 0 Å². The summed E-state index contributed by atoms with van der Waals surface area (Å²) in [5.74, 6) is 0.339. The van der Waals surface area contributed by atoms with Crippen LogP contribution in [0.2, 0.25) is 0 Å². The van der Waals surface area contributed by atoms with Crippen LogP contribution in [-0.4, -0.2) is 20.7 Å². The smallest absolute Gasteiger partial charge is 0.252 e. The van der Waals surface area contributed by atoms with E-state index in [1.807, 2.05) is 0 Å². The number of aromatic hydroxyl groups is 2. The number of hydrogen-bond acceptors (Lipinski definition) is 4. The summed E-state index contributed by atoms with van der Waals surface area (Å²) in [6.45, 7) is 0. The molecule has 0 aliphatic rings. The lowest BCUT2D eigenvalue weighted by Crippen LogP contribution is -1.92. The number of carbonyl (C=O) groups is 2. The van der Waals surface area contributed by atoms with Crippen LogP contribution < -0.4 is 0 Å². The fraction of sp³-hybridized carbons (Fsp3) is 0. The number of carbonyl (C=O) groups excluding carboxylic acids is 2. The lowest BCUT2D eigenvalue weighted by molar-refractivity contribution is 0.107. The second-order valence-corrected chi connectivity index (χ2v) is 4.33. The molecule has 0 bridgehead atoms. The number of phenolic OH excluding ortho intramolecular Hbond substituents is 2. The zero-order valence-corrected chi connectivity index (χ0v) is 11.6. The molecule has 2 aromatic rings. The van der Waals surface area contributed by atoms with Crippen LogP contribution in [0.3, 0.4) is 0 Å². The molecule has 104 valence electrons. The topological polar surface area (TPSA) is 74.6 Å². The van der Waals surface area contributed by atoms with Crippen molar-refractivity contribution in [1.82, 2.24) is 0 Å². The van der Waals surface area contributed by atoms with Gasteiger partial charge in [-0.2, -0.15) is 0 Å². The summed E-state index contributed by atoms with van der Waals surface area (Å²) >= 11 is 10.4. The van der Waals surface area contributed by atoms with Crippen molar-refractivity contribution in [3.8, 4) is 11.5 Å².